The summed E-state index contributed by atoms with van der Waals surface area (Å²) in [6.45, 7) is 13.6. The van der Waals surface area contributed by atoms with Gasteiger partial charge >= 0.3 is 0 Å². The van der Waals surface area contributed by atoms with Crippen LogP contribution in [0, 0.1) is 0 Å². The molecule has 1 amide bonds. The second-order valence-electron chi connectivity index (χ2n) is 11.3. The number of amides is 1. The van der Waals surface area contributed by atoms with E-state index in [-0.39, 0.29) is 12.0 Å². The topological polar surface area (TPSA) is 69.7 Å². The highest BCUT2D eigenvalue weighted by molar-refractivity contribution is 6.35. The van der Waals surface area contributed by atoms with Crippen LogP contribution in [0.15, 0.2) is 86.0 Å². The summed E-state index contributed by atoms with van der Waals surface area (Å²) in [7, 11) is 0. The van der Waals surface area contributed by atoms with Crippen LogP contribution in [0.1, 0.15) is 24.5 Å². The molecule has 0 aliphatic carbocycles. The van der Waals surface area contributed by atoms with Crippen LogP contribution in [0.5, 0.6) is 17.2 Å². The number of hydrogen-bond acceptors (Lipinski definition) is 7. The lowest BCUT2D eigenvalue weighted by molar-refractivity contribution is -0.164. The van der Waals surface area contributed by atoms with Crippen molar-refractivity contribution >= 4 is 34.8 Å². The van der Waals surface area contributed by atoms with E-state index < -0.39 is 5.79 Å². The molecule has 0 radical (unpaired) electrons. The molecule has 10 heteroatoms. The minimum Gasteiger partial charge on any atom is -0.491 e. The monoisotopic (exact) mass is 666 g/mol. The molecular weight excluding hydrogens is 627 g/mol. The van der Waals surface area contributed by atoms with Crippen LogP contribution in [0.25, 0.3) is 0 Å². The summed E-state index contributed by atoms with van der Waals surface area (Å²) in [6.07, 6.45) is 4.19. The Labute approximate surface area is 281 Å². The Kier molecular flexibility index (Phi) is 11.5. The molecule has 1 unspecified atom stereocenters. The van der Waals surface area contributed by atoms with Crippen LogP contribution in [-0.2, 0) is 26.5 Å². The van der Waals surface area contributed by atoms with Gasteiger partial charge in [0, 0.05) is 48.9 Å². The van der Waals surface area contributed by atoms with Crippen molar-refractivity contribution in [2.45, 2.75) is 31.7 Å². The predicted molar refractivity (Wildman–Crippen MR) is 182 cm³/mol. The Morgan fingerprint density at radius 3 is 2.35 bits per heavy atom. The van der Waals surface area contributed by atoms with Crippen molar-refractivity contribution < 1.29 is 28.5 Å². The number of benzene rings is 3. The van der Waals surface area contributed by atoms with Gasteiger partial charge in [-0.1, -0.05) is 60.6 Å². The number of halogens is 2. The van der Waals surface area contributed by atoms with Crippen LogP contribution in [0.2, 0.25) is 10.0 Å². The Hall–Kier alpha value is -3.69. The summed E-state index contributed by atoms with van der Waals surface area (Å²) in [5, 5.41) is 1.06. The molecule has 0 bridgehead atoms. The fourth-order valence-corrected chi connectivity index (χ4v) is 6.10. The fraction of sp³-hybridized carbons (Fsp3) is 0.361. The zero-order chi connectivity index (χ0) is 32.5. The molecule has 2 atom stereocenters. The van der Waals surface area contributed by atoms with Crippen molar-refractivity contribution in [3.05, 3.63) is 107 Å². The molecule has 5 rings (SSSR count). The molecular formula is C36H40Cl2N2O6. The summed E-state index contributed by atoms with van der Waals surface area (Å²) in [5.41, 5.74) is 2.85. The average molecular weight is 668 g/mol. The van der Waals surface area contributed by atoms with E-state index in [9.17, 15) is 4.79 Å². The lowest BCUT2D eigenvalue weighted by Crippen LogP contribution is -2.48. The van der Waals surface area contributed by atoms with E-state index in [1.807, 2.05) is 60.4 Å². The second-order valence-corrected chi connectivity index (χ2v) is 12.1. The Morgan fingerprint density at radius 2 is 1.65 bits per heavy atom. The van der Waals surface area contributed by atoms with Crippen molar-refractivity contribution in [3.63, 3.8) is 0 Å². The van der Waals surface area contributed by atoms with Gasteiger partial charge in [0.25, 0.3) is 0 Å². The minimum absolute atomic E-state index is 0.150. The molecule has 2 fully saturated rings. The number of carbonyl (C=O) groups is 1. The highest BCUT2D eigenvalue weighted by atomic mass is 35.5. The van der Waals surface area contributed by atoms with E-state index >= 15 is 0 Å². The normalized spacial score (nSPS) is 19.5. The van der Waals surface area contributed by atoms with Crippen LogP contribution in [0.4, 0.5) is 5.69 Å². The van der Waals surface area contributed by atoms with Crippen molar-refractivity contribution in [2.75, 3.05) is 57.5 Å². The molecule has 8 nitrogen and oxygen atoms in total. The first-order valence-corrected chi connectivity index (χ1v) is 16.2. The van der Waals surface area contributed by atoms with Gasteiger partial charge in [-0.15, -0.1) is 0 Å². The summed E-state index contributed by atoms with van der Waals surface area (Å²) < 4.78 is 29.6. The lowest BCUT2D eigenvalue weighted by Gasteiger charge is -2.36. The molecule has 2 aliphatic heterocycles. The molecule has 3 aromatic rings. The highest BCUT2D eigenvalue weighted by Crippen LogP contribution is 2.39. The predicted octanol–water partition coefficient (Wildman–Crippen LogP) is 7.07. The molecule has 3 aromatic carbocycles. The van der Waals surface area contributed by atoms with Crippen molar-refractivity contribution in [3.8, 4) is 17.2 Å². The number of carbonyl (C=O) groups excluding carboxylic acids is 1. The number of rotatable bonds is 14. The van der Waals surface area contributed by atoms with Crippen molar-refractivity contribution in [1.29, 1.82) is 0 Å². The molecule has 0 aromatic heterocycles. The first kappa shape index (κ1) is 33.7. The van der Waals surface area contributed by atoms with E-state index in [0.29, 0.717) is 73.9 Å². The minimum atomic E-state index is -0.959. The first-order valence-electron chi connectivity index (χ1n) is 15.4. The Morgan fingerprint density at radius 1 is 0.935 bits per heavy atom. The van der Waals surface area contributed by atoms with Gasteiger partial charge < -0.3 is 33.5 Å². The number of nitrogens with zero attached hydrogens (tertiary/aromatic N) is 2. The number of hydrogen-bond donors (Lipinski definition) is 0. The zero-order valence-electron chi connectivity index (χ0n) is 26.1. The fourth-order valence-electron chi connectivity index (χ4n) is 5.52. The smallest absolute Gasteiger partial charge is 0.223 e. The maximum atomic E-state index is 13.0. The van der Waals surface area contributed by atoms with Gasteiger partial charge in [-0.3, -0.25) is 4.79 Å². The molecule has 2 saturated heterocycles. The summed E-state index contributed by atoms with van der Waals surface area (Å²) in [4.78, 5) is 17.3. The Balaban J connectivity index is 1.06. The van der Waals surface area contributed by atoms with Gasteiger partial charge in [0.15, 0.2) is 17.3 Å². The van der Waals surface area contributed by atoms with Gasteiger partial charge in [0.1, 0.15) is 31.7 Å². The third-order valence-corrected chi connectivity index (χ3v) is 8.52. The molecule has 244 valence electrons. The van der Waals surface area contributed by atoms with Gasteiger partial charge in [-0.25, -0.2) is 0 Å². The maximum Gasteiger partial charge on any atom is 0.223 e. The average Bonchev–Trinajstić information content (AvgIpc) is 3.46. The van der Waals surface area contributed by atoms with E-state index in [4.69, 9.17) is 46.9 Å². The summed E-state index contributed by atoms with van der Waals surface area (Å²) in [5.74, 6) is 1.22. The van der Waals surface area contributed by atoms with E-state index in [1.54, 1.807) is 24.3 Å². The number of anilines is 1. The summed E-state index contributed by atoms with van der Waals surface area (Å²) >= 11 is 12.4. The lowest BCUT2D eigenvalue weighted by atomic mass is 10.1. The van der Waals surface area contributed by atoms with Crippen molar-refractivity contribution in [2.24, 2.45) is 0 Å². The van der Waals surface area contributed by atoms with Gasteiger partial charge in [0.2, 0.25) is 5.91 Å². The van der Waals surface area contributed by atoms with E-state index in [2.05, 4.69) is 18.1 Å². The zero-order valence-corrected chi connectivity index (χ0v) is 27.6. The molecule has 0 spiro atoms. The largest absolute Gasteiger partial charge is 0.491 e. The van der Waals surface area contributed by atoms with Gasteiger partial charge in [0.05, 0.1) is 11.6 Å². The summed E-state index contributed by atoms with van der Waals surface area (Å²) in [6, 6.07) is 19.1. The van der Waals surface area contributed by atoms with Crippen LogP contribution >= 0.6 is 23.2 Å². The first-order chi connectivity index (χ1) is 22.3. The van der Waals surface area contributed by atoms with Crippen LogP contribution < -0.4 is 19.1 Å². The van der Waals surface area contributed by atoms with Gasteiger partial charge in [-0.2, -0.15) is 0 Å². The molecule has 0 saturated carbocycles. The molecule has 2 heterocycles. The maximum absolute atomic E-state index is 13.0. The molecule has 46 heavy (non-hydrogen) atoms. The van der Waals surface area contributed by atoms with Crippen molar-refractivity contribution in [1.82, 2.24) is 4.90 Å². The third kappa shape index (κ3) is 8.56. The van der Waals surface area contributed by atoms with Crippen LogP contribution in [-0.4, -0.2) is 69.5 Å². The third-order valence-electron chi connectivity index (χ3n) is 7.98. The second kappa shape index (κ2) is 15.7. The number of piperazine rings is 1. The molecule has 2 aliphatic rings. The van der Waals surface area contributed by atoms with Crippen LogP contribution in [0.3, 0.4) is 0 Å². The van der Waals surface area contributed by atoms with E-state index in [1.165, 1.54) is 0 Å². The standard InChI is InChI=1S/C36H40Cl2N2O6/c1-4-20-42-33-14-6-26(22-34(33)43-21-5-2)7-15-35(41)40-18-16-39(17-19-40)28-9-11-29(12-10-28)44-24-30-25-45-36(3,46-30)31-13-8-27(37)23-32(31)38/h4-6,8-14,22-23,30H,1-2,7,15-21,24-25H2,3H3/t30?,36-/m0/s1. The molecule has 0 N–H and O–H groups in total. The van der Waals surface area contributed by atoms with E-state index in [0.717, 1.165) is 35.7 Å². The Bertz CT molecular complexity index is 1510. The van der Waals surface area contributed by atoms with Gasteiger partial charge in [-0.05, 0) is 67.4 Å². The SMILES string of the molecule is C=CCOc1ccc(CCC(=O)N2CCN(c3ccc(OCC4CO[C@](C)(c5ccc(Cl)cc5Cl)O4)cc3)CC2)cc1OCC=C. The number of aryl methyl sites for hydroxylation is 1. The highest BCUT2D eigenvalue weighted by Gasteiger charge is 2.40. The quantitative estimate of drug-likeness (QED) is 0.170. The number of ether oxygens (including phenoxy) is 5.